The highest BCUT2D eigenvalue weighted by Crippen LogP contribution is 2.15. The van der Waals surface area contributed by atoms with Crippen molar-refractivity contribution in [3.05, 3.63) is 72.1 Å². The monoisotopic (exact) mass is 293 g/mol. The highest BCUT2D eigenvalue weighted by Gasteiger charge is 2.18. The first-order valence-corrected chi connectivity index (χ1v) is 7.48. The molecule has 2 heterocycles. The Hall–Kier alpha value is -2.46. The van der Waals surface area contributed by atoms with Crippen LogP contribution in [0.5, 0.6) is 0 Å². The average molecular weight is 293 g/mol. The molecular formula is C18H19N3O. The first-order valence-electron chi connectivity index (χ1n) is 7.48. The maximum Gasteiger partial charge on any atom is 0.252 e. The zero-order valence-electron chi connectivity index (χ0n) is 12.4. The van der Waals surface area contributed by atoms with Crippen LogP contribution >= 0.6 is 0 Å². The van der Waals surface area contributed by atoms with Gasteiger partial charge in [-0.25, -0.2) is 0 Å². The highest BCUT2D eigenvalue weighted by atomic mass is 16.1. The topological polar surface area (TPSA) is 45.2 Å². The van der Waals surface area contributed by atoms with E-state index in [4.69, 9.17) is 0 Å². The summed E-state index contributed by atoms with van der Waals surface area (Å²) in [6, 6.07) is 13.9. The van der Waals surface area contributed by atoms with Crippen LogP contribution in [0, 0.1) is 0 Å². The van der Waals surface area contributed by atoms with Gasteiger partial charge in [0.2, 0.25) is 0 Å². The van der Waals surface area contributed by atoms with Crippen LogP contribution in [0.3, 0.4) is 0 Å². The number of amides is 1. The predicted molar refractivity (Wildman–Crippen MR) is 87.3 cm³/mol. The molecule has 112 valence electrons. The lowest BCUT2D eigenvalue weighted by Gasteiger charge is -2.26. The molecule has 0 saturated heterocycles. The van der Waals surface area contributed by atoms with Gasteiger partial charge >= 0.3 is 0 Å². The molecule has 0 spiro atoms. The van der Waals surface area contributed by atoms with Gasteiger partial charge in [0.05, 0.1) is 0 Å². The number of benzene rings is 1. The Morgan fingerprint density at radius 1 is 1.14 bits per heavy atom. The van der Waals surface area contributed by atoms with Crippen molar-refractivity contribution in [2.75, 3.05) is 18.4 Å². The van der Waals surface area contributed by atoms with Crippen LogP contribution in [0.2, 0.25) is 0 Å². The van der Waals surface area contributed by atoms with Crippen molar-refractivity contribution in [3.63, 3.8) is 0 Å². The van der Waals surface area contributed by atoms with Gasteiger partial charge in [-0.3, -0.25) is 14.7 Å². The van der Waals surface area contributed by atoms with E-state index in [0.29, 0.717) is 6.54 Å². The van der Waals surface area contributed by atoms with Crippen LogP contribution in [-0.4, -0.2) is 28.9 Å². The summed E-state index contributed by atoms with van der Waals surface area (Å²) in [6.07, 6.45) is 6.29. The van der Waals surface area contributed by atoms with Crippen LogP contribution < -0.4 is 5.32 Å². The fraction of sp³-hybridized carbons (Fsp3) is 0.222. The largest absolute Gasteiger partial charge is 0.322 e. The van der Waals surface area contributed by atoms with Gasteiger partial charge in [-0.2, -0.15) is 0 Å². The number of carbonyl (C=O) groups is 1. The van der Waals surface area contributed by atoms with Gasteiger partial charge in [0, 0.05) is 43.3 Å². The summed E-state index contributed by atoms with van der Waals surface area (Å²) in [5.41, 5.74) is 2.89. The second-order valence-electron chi connectivity index (χ2n) is 5.40. The van der Waals surface area contributed by atoms with E-state index in [1.165, 1.54) is 5.56 Å². The minimum absolute atomic E-state index is 0.0241. The quantitative estimate of drug-likeness (QED) is 0.943. The molecule has 1 aliphatic heterocycles. The lowest BCUT2D eigenvalue weighted by Crippen LogP contribution is -2.33. The SMILES string of the molecule is O=C(Nc1ccncc1)C1=CCCN(Cc2ccccc2)C1. The third-order valence-electron chi connectivity index (χ3n) is 3.71. The van der Waals surface area contributed by atoms with Crippen LogP contribution in [0.1, 0.15) is 12.0 Å². The number of anilines is 1. The van der Waals surface area contributed by atoms with E-state index in [1.54, 1.807) is 24.5 Å². The third kappa shape index (κ3) is 3.80. The smallest absolute Gasteiger partial charge is 0.252 e. The van der Waals surface area contributed by atoms with Gasteiger partial charge in [-0.1, -0.05) is 36.4 Å². The minimum atomic E-state index is -0.0241. The molecule has 4 heteroatoms. The van der Waals surface area contributed by atoms with Gasteiger partial charge in [-0.05, 0) is 24.1 Å². The molecular weight excluding hydrogens is 274 g/mol. The summed E-state index contributed by atoms with van der Waals surface area (Å²) >= 11 is 0. The van der Waals surface area contributed by atoms with Gasteiger partial charge in [-0.15, -0.1) is 0 Å². The van der Waals surface area contributed by atoms with E-state index in [-0.39, 0.29) is 5.91 Å². The Kier molecular flexibility index (Phi) is 4.61. The second kappa shape index (κ2) is 7.00. The Labute approximate surface area is 130 Å². The number of hydrogen-bond acceptors (Lipinski definition) is 3. The van der Waals surface area contributed by atoms with Crippen LogP contribution in [0.15, 0.2) is 66.5 Å². The van der Waals surface area contributed by atoms with E-state index < -0.39 is 0 Å². The molecule has 0 bridgehead atoms. The number of nitrogens with one attached hydrogen (secondary N) is 1. The van der Waals surface area contributed by atoms with Crippen LogP contribution in [0.25, 0.3) is 0 Å². The van der Waals surface area contributed by atoms with Crippen molar-refractivity contribution < 1.29 is 4.79 Å². The predicted octanol–water partition coefficient (Wildman–Crippen LogP) is 2.85. The van der Waals surface area contributed by atoms with Crippen molar-refractivity contribution in [3.8, 4) is 0 Å². The number of nitrogens with zero attached hydrogens (tertiary/aromatic N) is 2. The first kappa shape index (κ1) is 14.5. The lowest BCUT2D eigenvalue weighted by molar-refractivity contribution is -0.113. The number of aromatic nitrogens is 1. The Morgan fingerprint density at radius 2 is 1.91 bits per heavy atom. The molecule has 3 rings (SSSR count). The van der Waals surface area contributed by atoms with E-state index in [2.05, 4.69) is 27.3 Å². The first-order chi connectivity index (χ1) is 10.8. The number of pyridine rings is 1. The number of carbonyl (C=O) groups excluding carboxylic acids is 1. The van der Waals surface area contributed by atoms with Crippen molar-refractivity contribution in [1.29, 1.82) is 0 Å². The van der Waals surface area contributed by atoms with Gasteiger partial charge < -0.3 is 5.32 Å². The van der Waals surface area contributed by atoms with E-state index in [0.717, 1.165) is 30.8 Å². The zero-order valence-corrected chi connectivity index (χ0v) is 12.4. The molecule has 0 unspecified atom stereocenters. The molecule has 22 heavy (non-hydrogen) atoms. The van der Waals surface area contributed by atoms with Gasteiger partial charge in [0.25, 0.3) is 5.91 Å². The summed E-state index contributed by atoms with van der Waals surface area (Å²) < 4.78 is 0. The Bertz CT molecular complexity index is 653. The molecule has 0 radical (unpaired) electrons. The molecule has 4 nitrogen and oxygen atoms in total. The van der Waals surface area contributed by atoms with Gasteiger partial charge in [0.1, 0.15) is 0 Å². The second-order valence-corrected chi connectivity index (χ2v) is 5.40. The minimum Gasteiger partial charge on any atom is -0.322 e. The lowest BCUT2D eigenvalue weighted by atomic mass is 10.1. The maximum absolute atomic E-state index is 12.3. The molecule has 2 aromatic rings. The zero-order chi connectivity index (χ0) is 15.2. The molecule has 0 fully saturated rings. The molecule has 0 aliphatic carbocycles. The molecule has 1 amide bonds. The van der Waals surface area contributed by atoms with Crippen molar-refractivity contribution in [1.82, 2.24) is 9.88 Å². The fourth-order valence-electron chi connectivity index (χ4n) is 2.59. The summed E-state index contributed by atoms with van der Waals surface area (Å²) in [6.45, 7) is 2.55. The molecule has 0 saturated carbocycles. The summed E-state index contributed by atoms with van der Waals surface area (Å²) in [7, 11) is 0. The normalized spacial score (nSPS) is 15.2. The van der Waals surface area contributed by atoms with E-state index in [9.17, 15) is 4.79 Å². The van der Waals surface area contributed by atoms with E-state index in [1.807, 2.05) is 24.3 Å². The Balaban J connectivity index is 1.60. The average Bonchev–Trinajstić information content (AvgIpc) is 2.57. The van der Waals surface area contributed by atoms with Crippen LogP contribution in [0.4, 0.5) is 5.69 Å². The van der Waals surface area contributed by atoms with Crippen molar-refractivity contribution in [2.45, 2.75) is 13.0 Å². The molecule has 1 aromatic heterocycles. The summed E-state index contributed by atoms with van der Waals surface area (Å²) in [5.74, 6) is -0.0241. The highest BCUT2D eigenvalue weighted by molar-refractivity contribution is 6.04. The molecule has 1 aliphatic rings. The van der Waals surface area contributed by atoms with E-state index >= 15 is 0 Å². The summed E-state index contributed by atoms with van der Waals surface area (Å²) in [4.78, 5) is 18.6. The standard InChI is InChI=1S/C18H19N3O/c22-18(20-17-8-10-19-11-9-17)16-7-4-12-21(14-16)13-15-5-2-1-3-6-15/h1-3,5-11H,4,12-14H2,(H,19,20,22). The molecule has 0 atom stereocenters. The van der Waals surface area contributed by atoms with Crippen molar-refractivity contribution in [2.24, 2.45) is 0 Å². The van der Waals surface area contributed by atoms with Gasteiger partial charge in [0.15, 0.2) is 0 Å². The fourth-order valence-corrected chi connectivity index (χ4v) is 2.59. The van der Waals surface area contributed by atoms with Crippen molar-refractivity contribution >= 4 is 11.6 Å². The number of rotatable bonds is 4. The molecule has 1 aromatic carbocycles. The van der Waals surface area contributed by atoms with Crippen LogP contribution in [-0.2, 0) is 11.3 Å². The summed E-state index contributed by atoms with van der Waals surface area (Å²) in [5, 5.41) is 2.92. The number of hydrogen-bond donors (Lipinski definition) is 1. The third-order valence-corrected chi connectivity index (χ3v) is 3.71. The maximum atomic E-state index is 12.3. The molecule has 1 N–H and O–H groups in total. The Morgan fingerprint density at radius 3 is 2.68 bits per heavy atom.